The molecule has 0 saturated carbocycles. The highest BCUT2D eigenvalue weighted by Gasteiger charge is 2.14. The Balaban J connectivity index is 1.73. The lowest BCUT2D eigenvalue weighted by atomic mass is 10.2. The van der Waals surface area contributed by atoms with E-state index >= 15 is 0 Å². The van der Waals surface area contributed by atoms with Crippen LogP contribution in [0.25, 0.3) is 11.0 Å². The Bertz CT molecular complexity index is 766. The zero-order chi connectivity index (χ0) is 14.8. The van der Waals surface area contributed by atoms with Crippen molar-refractivity contribution < 1.29 is 9.52 Å². The third kappa shape index (κ3) is 3.51. The summed E-state index contributed by atoms with van der Waals surface area (Å²) in [7, 11) is 0. The summed E-state index contributed by atoms with van der Waals surface area (Å²) in [6.07, 6.45) is -0.610. The Morgan fingerprint density at radius 1 is 1.19 bits per heavy atom. The van der Waals surface area contributed by atoms with Crippen molar-refractivity contribution in [3.05, 3.63) is 64.3 Å². The van der Waals surface area contributed by atoms with Crippen LogP contribution in [0, 0.1) is 6.92 Å². The van der Waals surface area contributed by atoms with Crippen molar-refractivity contribution in [3.8, 4) is 0 Å². The molecule has 0 radical (unpaired) electrons. The molecule has 0 saturated heterocycles. The Hall–Kier alpha value is -1.23. The third-order valence-corrected chi connectivity index (χ3v) is 4.79. The molecule has 0 aliphatic rings. The summed E-state index contributed by atoms with van der Waals surface area (Å²) in [5, 5.41) is 11.3. The minimum absolute atomic E-state index is 0.565. The van der Waals surface area contributed by atoms with Crippen LogP contribution in [-0.2, 0) is 0 Å². The van der Waals surface area contributed by atoms with Gasteiger partial charge in [-0.2, -0.15) is 0 Å². The van der Waals surface area contributed by atoms with Crippen molar-refractivity contribution in [2.45, 2.75) is 17.9 Å². The average Bonchev–Trinajstić information content (AvgIpc) is 2.88. The topological polar surface area (TPSA) is 33.4 Å². The molecule has 1 unspecified atom stereocenters. The van der Waals surface area contributed by atoms with Crippen LogP contribution in [0.15, 0.2) is 62.3 Å². The Morgan fingerprint density at radius 2 is 2.05 bits per heavy atom. The molecule has 21 heavy (non-hydrogen) atoms. The van der Waals surface area contributed by atoms with Crippen molar-refractivity contribution in [3.63, 3.8) is 0 Å². The molecule has 3 rings (SSSR count). The summed E-state index contributed by atoms with van der Waals surface area (Å²) in [5.74, 6) is 1.19. The summed E-state index contributed by atoms with van der Waals surface area (Å²) in [6, 6.07) is 16.0. The normalized spacial score (nSPS) is 12.7. The summed E-state index contributed by atoms with van der Waals surface area (Å²) >= 11 is 5.06. The minimum atomic E-state index is -0.610. The van der Waals surface area contributed by atoms with Crippen LogP contribution in [0.5, 0.6) is 0 Å². The van der Waals surface area contributed by atoms with Gasteiger partial charge in [0.1, 0.15) is 17.4 Å². The van der Waals surface area contributed by atoms with Gasteiger partial charge in [0.25, 0.3) is 0 Å². The van der Waals surface area contributed by atoms with Crippen LogP contribution >= 0.6 is 27.7 Å². The number of benzene rings is 2. The number of aliphatic hydroxyl groups excluding tert-OH is 1. The Labute approximate surface area is 136 Å². The minimum Gasteiger partial charge on any atom is -0.458 e. The summed E-state index contributed by atoms with van der Waals surface area (Å²) < 4.78 is 6.77. The van der Waals surface area contributed by atoms with Gasteiger partial charge in [-0.1, -0.05) is 33.6 Å². The molecule has 0 aliphatic carbocycles. The maximum Gasteiger partial charge on any atom is 0.134 e. The van der Waals surface area contributed by atoms with Gasteiger partial charge in [-0.05, 0) is 43.3 Å². The first-order chi connectivity index (χ1) is 10.1. The summed E-state index contributed by atoms with van der Waals surface area (Å²) in [6.45, 7) is 2.05. The van der Waals surface area contributed by atoms with Crippen molar-refractivity contribution >= 4 is 38.7 Å². The SMILES string of the molecule is Cc1ccc2oc(C(O)CSc3cccc(Br)c3)cc2c1. The largest absolute Gasteiger partial charge is 0.458 e. The average molecular weight is 363 g/mol. The molecule has 1 atom stereocenters. The second-order valence-corrected chi connectivity index (χ2v) is 6.98. The zero-order valence-electron chi connectivity index (χ0n) is 11.5. The molecule has 0 bridgehead atoms. The molecular weight excluding hydrogens is 348 g/mol. The molecule has 4 heteroatoms. The molecule has 2 nitrogen and oxygen atoms in total. The molecule has 0 amide bonds. The third-order valence-electron chi connectivity index (χ3n) is 3.22. The van der Waals surface area contributed by atoms with Gasteiger partial charge in [0.2, 0.25) is 0 Å². The maximum atomic E-state index is 10.3. The van der Waals surface area contributed by atoms with Gasteiger partial charge in [0, 0.05) is 20.5 Å². The fourth-order valence-corrected chi connectivity index (χ4v) is 3.61. The van der Waals surface area contributed by atoms with Gasteiger partial charge in [-0.3, -0.25) is 0 Å². The van der Waals surface area contributed by atoms with Crippen LogP contribution in [-0.4, -0.2) is 10.9 Å². The van der Waals surface area contributed by atoms with E-state index in [4.69, 9.17) is 4.42 Å². The van der Waals surface area contributed by atoms with E-state index in [9.17, 15) is 5.11 Å². The number of aliphatic hydroxyl groups is 1. The van der Waals surface area contributed by atoms with E-state index in [1.54, 1.807) is 11.8 Å². The Morgan fingerprint density at radius 3 is 2.86 bits per heavy atom. The summed E-state index contributed by atoms with van der Waals surface area (Å²) in [5.41, 5.74) is 2.01. The highest BCUT2D eigenvalue weighted by atomic mass is 79.9. The van der Waals surface area contributed by atoms with E-state index in [-0.39, 0.29) is 0 Å². The first-order valence-electron chi connectivity index (χ1n) is 6.68. The monoisotopic (exact) mass is 362 g/mol. The molecular formula is C17H15BrO2S. The van der Waals surface area contributed by atoms with Crippen molar-refractivity contribution in [2.24, 2.45) is 0 Å². The molecule has 1 heterocycles. The van der Waals surface area contributed by atoms with Crippen molar-refractivity contribution in [1.82, 2.24) is 0 Å². The van der Waals surface area contributed by atoms with E-state index in [0.29, 0.717) is 11.5 Å². The predicted molar refractivity (Wildman–Crippen MR) is 90.8 cm³/mol. The van der Waals surface area contributed by atoms with E-state index in [2.05, 4.69) is 22.0 Å². The number of hydrogen-bond donors (Lipinski definition) is 1. The van der Waals surface area contributed by atoms with Crippen molar-refractivity contribution in [2.75, 3.05) is 5.75 Å². The second kappa shape index (κ2) is 6.26. The number of rotatable bonds is 4. The predicted octanol–water partition coefficient (Wildman–Crippen LogP) is 5.33. The highest BCUT2D eigenvalue weighted by molar-refractivity contribution is 9.10. The number of hydrogen-bond acceptors (Lipinski definition) is 3. The van der Waals surface area contributed by atoms with Crippen LogP contribution < -0.4 is 0 Å². The standard InChI is InChI=1S/C17H15BrO2S/c1-11-5-6-16-12(7-11)8-17(20-16)15(19)10-21-14-4-2-3-13(18)9-14/h2-9,15,19H,10H2,1H3. The smallest absolute Gasteiger partial charge is 0.134 e. The molecule has 0 aliphatic heterocycles. The second-order valence-electron chi connectivity index (χ2n) is 4.97. The van der Waals surface area contributed by atoms with E-state index in [0.717, 1.165) is 20.3 Å². The van der Waals surface area contributed by atoms with Gasteiger partial charge in [0.15, 0.2) is 0 Å². The van der Waals surface area contributed by atoms with Crippen molar-refractivity contribution in [1.29, 1.82) is 0 Å². The van der Waals surface area contributed by atoms with Gasteiger partial charge in [-0.25, -0.2) is 0 Å². The lowest BCUT2D eigenvalue weighted by molar-refractivity contribution is 0.177. The van der Waals surface area contributed by atoms with Crippen LogP contribution in [0.3, 0.4) is 0 Å². The van der Waals surface area contributed by atoms with Gasteiger partial charge >= 0.3 is 0 Å². The molecule has 3 aromatic rings. The van der Waals surface area contributed by atoms with E-state index in [1.165, 1.54) is 5.56 Å². The van der Waals surface area contributed by atoms with Gasteiger partial charge in [0.05, 0.1) is 0 Å². The Kier molecular flexibility index (Phi) is 4.38. The molecule has 1 aromatic heterocycles. The molecule has 0 spiro atoms. The molecule has 1 N–H and O–H groups in total. The number of fused-ring (bicyclic) bond motifs is 1. The molecule has 0 fully saturated rings. The number of furan rings is 1. The fourth-order valence-electron chi connectivity index (χ4n) is 2.16. The summed E-state index contributed by atoms with van der Waals surface area (Å²) in [4.78, 5) is 1.12. The van der Waals surface area contributed by atoms with E-state index in [1.807, 2.05) is 49.4 Å². The quantitative estimate of drug-likeness (QED) is 0.636. The van der Waals surface area contributed by atoms with Gasteiger partial charge in [-0.15, -0.1) is 11.8 Å². The lowest BCUT2D eigenvalue weighted by Gasteiger charge is -2.07. The lowest BCUT2D eigenvalue weighted by Crippen LogP contribution is -1.98. The first-order valence-corrected chi connectivity index (χ1v) is 8.46. The maximum absolute atomic E-state index is 10.3. The van der Waals surface area contributed by atoms with E-state index < -0.39 is 6.10 Å². The van der Waals surface area contributed by atoms with Crippen LogP contribution in [0.1, 0.15) is 17.4 Å². The molecule has 2 aromatic carbocycles. The van der Waals surface area contributed by atoms with Crippen LogP contribution in [0.4, 0.5) is 0 Å². The number of aryl methyl sites for hydroxylation is 1. The fraction of sp³-hybridized carbons (Fsp3) is 0.176. The van der Waals surface area contributed by atoms with Crippen LogP contribution in [0.2, 0.25) is 0 Å². The van der Waals surface area contributed by atoms with Gasteiger partial charge < -0.3 is 9.52 Å². The number of thioether (sulfide) groups is 1. The highest BCUT2D eigenvalue weighted by Crippen LogP contribution is 2.30. The number of halogens is 1. The first kappa shape index (κ1) is 14.7. The molecule has 108 valence electrons. The zero-order valence-corrected chi connectivity index (χ0v) is 13.9.